The molecule has 0 aromatic heterocycles. The number of rotatable bonds is 4. The number of Topliss-reactive ketones (excluding diaryl/α,β-unsaturated/α-hetero) is 1. The molecule has 0 radical (unpaired) electrons. The van der Waals surface area contributed by atoms with Crippen molar-refractivity contribution >= 4 is 17.5 Å². The molecule has 3 nitrogen and oxygen atoms in total. The van der Waals surface area contributed by atoms with Crippen LogP contribution in [0, 0.1) is 0 Å². The van der Waals surface area contributed by atoms with Gasteiger partial charge >= 0.3 is 0 Å². The van der Waals surface area contributed by atoms with Gasteiger partial charge in [0.25, 0.3) is 0 Å². The van der Waals surface area contributed by atoms with Crippen molar-refractivity contribution < 1.29 is 14.3 Å². The lowest BCUT2D eigenvalue weighted by atomic mass is 10.0. The fraction of sp³-hybridized carbons (Fsp3) is 0.462. The van der Waals surface area contributed by atoms with Crippen molar-refractivity contribution in [1.29, 1.82) is 0 Å². The molecule has 0 unspecified atom stereocenters. The molecule has 0 spiro atoms. The first-order valence-electron chi connectivity index (χ1n) is 5.62. The Balaban J connectivity index is 2.24. The average molecular weight is 252 g/mol. The minimum atomic E-state index is -0.802. The smallest absolute Gasteiger partial charge is 0.222 e. The van der Waals surface area contributed by atoms with E-state index in [9.17, 15) is 4.79 Å². The summed E-state index contributed by atoms with van der Waals surface area (Å²) in [6.07, 6.45) is 1.42. The second-order valence-electron chi connectivity index (χ2n) is 3.94. The number of fused-ring (bicyclic) bond motifs is 1. The third-order valence-corrected chi connectivity index (χ3v) is 4.04. The standard InChI is InChI=1S/C13H16O3S/c1-15-13(16-2)12(14)10-5-6-11-9(8-10)4-3-7-17-11/h5-6,8,13H,3-4,7H2,1-2H3. The average Bonchev–Trinajstić information content (AvgIpc) is 2.39. The van der Waals surface area contributed by atoms with Crippen LogP contribution in [-0.4, -0.2) is 32.0 Å². The van der Waals surface area contributed by atoms with Crippen molar-refractivity contribution in [3.05, 3.63) is 29.3 Å². The summed E-state index contributed by atoms with van der Waals surface area (Å²) in [5.74, 6) is 1.05. The predicted molar refractivity (Wildman–Crippen MR) is 67.6 cm³/mol. The molecule has 1 aliphatic heterocycles. The van der Waals surface area contributed by atoms with Gasteiger partial charge in [-0.3, -0.25) is 4.79 Å². The number of ether oxygens (including phenoxy) is 2. The summed E-state index contributed by atoms with van der Waals surface area (Å²) < 4.78 is 9.97. The lowest BCUT2D eigenvalue weighted by molar-refractivity contribution is -0.0742. The lowest BCUT2D eigenvalue weighted by Crippen LogP contribution is -2.25. The van der Waals surface area contributed by atoms with Gasteiger partial charge in [0.2, 0.25) is 12.1 Å². The number of carbonyl (C=O) groups is 1. The fourth-order valence-corrected chi connectivity index (χ4v) is 2.98. The molecular formula is C13H16O3S. The summed E-state index contributed by atoms with van der Waals surface area (Å²) in [4.78, 5) is 13.3. The van der Waals surface area contributed by atoms with Gasteiger partial charge in [-0.25, -0.2) is 0 Å². The van der Waals surface area contributed by atoms with Crippen LogP contribution < -0.4 is 0 Å². The van der Waals surface area contributed by atoms with Crippen molar-refractivity contribution in [3.63, 3.8) is 0 Å². The van der Waals surface area contributed by atoms with Crippen LogP contribution in [0.3, 0.4) is 0 Å². The van der Waals surface area contributed by atoms with Crippen LogP contribution in [0.4, 0.5) is 0 Å². The highest BCUT2D eigenvalue weighted by molar-refractivity contribution is 7.99. The van der Waals surface area contributed by atoms with Crippen molar-refractivity contribution in [1.82, 2.24) is 0 Å². The molecule has 17 heavy (non-hydrogen) atoms. The van der Waals surface area contributed by atoms with E-state index in [4.69, 9.17) is 9.47 Å². The van der Waals surface area contributed by atoms with Crippen LogP contribution in [0.1, 0.15) is 22.3 Å². The van der Waals surface area contributed by atoms with Crippen LogP contribution in [0.2, 0.25) is 0 Å². The molecule has 0 saturated carbocycles. The van der Waals surface area contributed by atoms with E-state index < -0.39 is 6.29 Å². The van der Waals surface area contributed by atoms with E-state index in [1.807, 2.05) is 30.0 Å². The molecule has 92 valence electrons. The van der Waals surface area contributed by atoms with Crippen LogP contribution in [0.5, 0.6) is 0 Å². The Morgan fingerprint density at radius 3 is 2.82 bits per heavy atom. The zero-order valence-electron chi connectivity index (χ0n) is 10.1. The highest BCUT2D eigenvalue weighted by atomic mass is 32.2. The second-order valence-corrected chi connectivity index (χ2v) is 5.08. The van der Waals surface area contributed by atoms with E-state index in [-0.39, 0.29) is 5.78 Å². The summed E-state index contributed by atoms with van der Waals surface area (Å²) in [6.45, 7) is 0. The number of hydrogen-bond acceptors (Lipinski definition) is 4. The van der Waals surface area contributed by atoms with Gasteiger partial charge in [-0.1, -0.05) is 6.07 Å². The molecule has 2 rings (SSSR count). The van der Waals surface area contributed by atoms with Crippen LogP contribution in [0.25, 0.3) is 0 Å². The molecular weight excluding hydrogens is 236 g/mol. The van der Waals surface area contributed by atoms with Gasteiger partial charge < -0.3 is 9.47 Å². The normalized spacial score (nSPS) is 14.8. The van der Waals surface area contributed by atoms with E-state index in [1.165, 1.54) is 36.9 Å². The highest BCUT2D eigenvalue weighted by Crippen LogP contribution is 2.30. The van der Waals surface area contributed by atoms with Crippen molar-refractivity contribution in [2.75, 3.05) is 20.0 Å². The Hall–Kier alpha value is -0.840. The van der Waals surface area contributed by atoms with E-state index in [2.05, 4.69) is 0 Å². The number of benzene rings is 1. The molecule has 0 fully saturated rings. The zero-order valence-corrected chi connectivity index (χ0v) is 10.9. The minimum absolute atomic E-state index is 0.117. The predicted octanol–water partition coefficient (Wildman–Crippen LogP) is 2.53. The van der Waals surface area contributed by atoms with Crippen molar-refractivity contribution in [3.8, 4) is 0 Å². The van der Waals surface area contributed by atoms with Gasteiger partial charge in [0.1, 0.15) is 0 Å². The molecule has 0 aliphatic carbocycles. The Labute approximate surface area is 105 Å². The first kappa shape index (κ1) is 12.6. The lowest BCUT2D eigenvalue weighted by Gasteiger charge is -2.17. The summed E-state index contributed by atoms with van der Waals surface area (Å²) in [6, 6.07) is 5.84. The third-order valence-electron chi connectivity index (χ3n) is 2.84. The van der Waals surface area contributed by atoms with Gasteiger partial charge in [0.15, 0.2) is 0 Å². The maximum Gasteiger partial charge on any atom is 0.222 e. The first-order chi connectivity index (χ1) is 8.26. The van der Waals surface area contributed by atoms with Gasteiger partial charge in [-0.05, 0) is 36.3 Å². The number of hydrogen-bond donors (Lipinski definition) is 0. The molecule has 1 aromatic carbocycles. The molecule has 0 bridgehead atoms. The Morgan fingerprint density at radius 2 is 2.12 bits per heavy atom. The molecule has 1 aliphatic rings. The molecule has 0 N–H and O–H groups in total. The van der Waals surface area contributed by atoms with E-state index >= 15 is 0 Å². The van der Waals surface area contributed by atoms with E-state index in [0.29, 0.717) is 5.56 Å². The number of carbonyl (C=O) groups excluding carboxylic acids is 1. The van der Waals surface area contributed by atoms with Crippen molar-refractivity contribution in [2.45, 2.75) is 24.0 Å². The molecule has 4 heteroatoms. The van der Waals surface area contributed by atoms with Gasteiger partial charge in [-0.15, -0.1) is 11.8 Å². The van der Waals surface area contributed by atoms with Gasteiger partial charge in [-0.2, -0.15) is 0 Å². The van der Waals surface area contributed by atoms with Crippen molar-refractivity contribution in [2.24, 2.45) is 0 Å². The van der Waals surface area contributed by atoms with Crippen LogP contribution in [-0.2, 0) is 15.9 Å². The van der Waals surface area contributed by atoms with Crippen LogP contribution in [0.15, 0.2) is 23.1 Å². The summed E-state index contributed by atoms with van der Waals surface area (Å²) in [5, 5.41) is 0. The first-order valence-corrected chi connectivity index (χ1v) is 6.60. The monoisotopic (exact) mass is 252 g/mol. The van der Waals surface area contributed by atoms with E-state index in [0.717, 1.165) is 6.42 Å². The summed E-state index contributed by atoms with van der Waals surface area (Å²) >= 11 is 1.86. The largest absolute Gasteiger partial charge is 0.349 e. The maximum atomic E-state index is 12.0. The summed E-state index contributed by atoms with van der Waals surface area (Å²) in [7, 11) is 2.95. The number of aryl methyl sites for hydroxylation is 1. The van der Waals surface area contributed by atoms with Gasteiger partial charge in [0, 0.05) is 24.7 Å². The quantitative estimate of drug-likeness (QED) is 0.609. The van der Waals surface area contributed by atoms with E-state index in [1.54, 1.807) is 0 Å². The van der Waals surface area contributed by atoms with Crippen LogP contribution >= 0.6 is 11.8 Å². The fourth-order valence-electron chi connectivity index (χ4n) is 1.96. The molecule has 0 amide bonds. The SMILES string of the molecule is COC(OC)C(=O)c1ccc2c(c1)CCCS2. The minimum Gasteiger partial charge on any atom is -0.349 e. The second kappa shape index (κ2) is 5.67. The van der Waals surface area contributed by atoms with Gasteiger partial charge in [0.05, 0.1) is 0 Å². The Kier molecular flexibility index (Phi) is 4.20. The Morgan fingerprint density at radius 1 is 1.35 bits per heavy atom. The molecule has 1 aromatic rings. The maximum absolute atomic E-state index is 12.0. The zero-order chi connectivity index (χ0) is 12.3. The topological polar surface area (TPSA) is 35.5 Å². The summed E-state index contributed by atoms with van der Waals surface area (Å²) in [5.41, 5.74) is 1.93. The molecule has 0 saturated heterocycles. The number of thioether (sulfide) groups is 1. The number of methoxy groups -OCH3 is 2. The number of ketones is 1. The highest BCUT2D eigenvalue weighted by Gasteiger charge is 2.20. The Bertz CT molecular complexity index is 413. The molecule has 1 heterocycles. The third kappa shape index (κ3) is 2.70. The molecule has 0 atom stereocenters.